The van der Waals surface area contributed by atoms with Gasteiger partial charge in [-0.15, -0.1) is 0 Å². The number of anilines is 1. The highest BCUT2D eigenvalue weighted by atomic mass is 35.5. The number of halogens is 2. The SMILES string of the molecule is COCCn1cc(NCc2cc(Cl)ccc2Cl)ccc1=O. The number of rotatable bonds is 6. The standard InChI is InChI=1S/C15H16Cl2N2O2/c1-21-7-6-19-10-13(3-5-15(19)20)18-9-11-8-12(16)2-4-14(11)17/h2-5,8,10,18H,6-7,9H2,1H3. The van der Waals surface area contributed by atoms with E-state index in [0.29, 0.717) is 29.7 Å². The van der Waals surface area contributed by atoms with Crippen molar-refractivity contribution in [1.29, 1.82) is 0 Å². The Morgan fingerprint density at radius 1 is 1.24 bits per heavy atom. The molecule has 0 fully saturated rings. The maximum absolute atomic E-state index is 11.7. The third-order valence-corrected chi connectivity index (χ3v) is 3.61. The first-order valence-corrected chi connectivity index (χ1v) is 7.23. The van der Waals surface area contributed by atoms with E-state index in [1.807, 2.05) is 6.07 Å². The number of hydrogen-bond acceptors (Lipinski definition) is 3. The van der Waals surface area contributed by atoms with Crippen LogP contribution >= 0.6 is 23.2 Å². The van der Waals surface area contributed by atoms with E-state index in [2.05, 4.69) is 5.32 Å². The third kappa shape index (κ3) is 4.49. The molecule has 0 bridgehead atoms. The Morgan fingerprint density at radius 2 is 2.05 bits per heavy atom. The van der Waals surface area contributed by atoms with Crippen molar-refractivity contribution in [2.45, 2.75) is 13.1 Å². The molecule has 0 radical (unpaired) electrons. The minimum absolute atomic E-state index is 0.0570. The fourth-order valence-corrected chi connectivity index (χ4v) is 2.26. The predicted octanol–water partition coefficient (Wildman–Crippen LogP) is 3.41. The van der Waals surface area contributed by atoms with Crippen molar-refractivity contribution in [3.8, 4) is 0 Å². The molecule has 6 heteroatoms. The fraction of sp³-hybridized carbons (Fsp3) is 0.267. The van der Waals surface area contributed by atoms with Crippen LogP contribution < -0.4 is 10.9 Å². The van der Waals surface area contributed by atoms with Gasteiger partial charge in [-0.2, -0.15) is 0 Å². The lowest BCUT2D eigenvalue weighted by Crippen LogP contribution is -2.21. The van der Waals surface area contributed by atoms with E-state index >= 15 is 0 Å². The summed E-state index contributed by atoms with van der Waals surface area (Å²) in [5.41, 5.74) is 1.68. The minimum Gasteiger partial charge on any atom is -0.383 e. The van der Waals surface area contributed by atoms with E-state index in [4.69, 9.17) is 27.9 Å². The second-order valence-electron chi connectivity index (χ2n) is 4.53. The van der Waals surface area contributed by atoms with E-state index in [0.717, 1.165) is 11.3 Å². The number of methoxy groups -OCH3 is 1. The van der Waals surface area contributed by atoms with E-state index < -0.39 is 0 Å². The monoisotopic (exact) mass is 326 g/mol. The number of nitrogens with zero attached hydrogens (tertiary/aromatic N) is 1. The lowest BCUT2D eigenvalue weighted by Gasteiger charge is -2.11. The van der Waals surface area contributed by atoms with Gasteiger partial charge in [0.15, 0.2) is 0 Å². The molecule has 0 amide bonds. The number of aromatic nitrogens is 1. The summed E-state index contributed by atoms with van der Waals surface area (Å²) < 4.78 is 6.59. The molecule has 2 rings (SSSR count). The molecule has 0 saturated heterocycles. The first kappa shape index (κ1) is 15.9. The molecule has 0 aliphatic heterocycles. The quantitative estimate of drug-likeness (QED) is 0.884. The molecule has 2 aromatic rings. The Balaban J connectivity index is 2.09. The van der Waals surface area contributed by atoms with Gasteiger partial charge in [0, 0.05) is 42.5 Å². The molecule has 1 aromatic heterocycles. The molecule has 0 aliphatic rings. The Labute approximate surface area is 133 Å². The zero-order valence-corrected chi connectivity index (χ0v) is 13.1. The summed E-state index contributed by atoms with van der Waals surface area (Å²) in [5, 5.41) is 4.52. The molecule has 1 heterocycles. The molecular weight excluding hydrogens is 311 g/mol. The zero-order chi connectivity index (χ0) is 15.2. The average molecular weight is 327 g/mol. The van der Waals surface area contributed by atoms with Crippen LogP contribution in [0.15, 0.2) is 41.3 Å². The van der Waals surface area contributed by atoms with Crippen molar-refractivity contribution in [2.24, 2.45) is 0 Å². The van der Waals surface area contributed by atoms with Gasteiger partial charge in [-0.3, -0.25) is 4.79 Å². The van der Waals surface area contributed by atoms with Crippen LogP contribution in [0.25, 0.3) is 0 Å². The lowest BCUT2D eigenvalue weighted by molar-refractivity contribution is 0.186. The van der Waals surface area contributed by atoms with E-state index in [1.165, 1.54) is 6.07 Å². The van der Waals surface area contributed by atoms with Gasteiger partial charge in [0.05, 0.1) is 12.3 Å². The van der Waals surface area contributed by atoms with Gasteiger partial charge in [0.25, 0.3) is 5.56 Å². The zero-order valence-electron chi connectivity index (χ0n) is 11.6. The highest BCUT2D eigenvalue weighted by Crippen LogP contribution is 2.21. The molecule has 0 atom stereocenters. The normalized spacial score (nSPS) is 10.6. The summed E-state index contributed by atoms with van der Waals surface area (Å²) in [6, 6.07) is 8.60. The maximum Gasteiger partial charge on any atom is 0.250 e. The van der Waals surface area contributed by atoms with Gasteiger partial charge in [-0.05, 0) is 29.8 Å². The van der Waals surface area contributed by atoms with Gasteiger partial charge in [0.1, 0.15) is 0 Å². The minimum atomic E-state index is -0.0570. The van der Waals surface area contributed by atoms with Crippen LogP contribution in [-0.4, -0.2) is 18.3 Å². The van der Waals surface area contributed by atoms with Crippen LogP contribution in [0, 0.1) is 0 Å². The van der Waals surface area contributed by atoms with Crippen molar-refractivity contribution < 1.29 is 4.74 Å². The highest BCUT2D eigenvalue weighted by Gasteiger charge is 2.03. The molecule has 4 nitrogen and oxygen atoms in total. The Morgan fingerprint density at radius 3 is 2.81 bits per heavy atom. The fourth-order valence-electron chi connectivity index (χ4n) is 1.88. The van der Waals surface area contributed by atoms with E-state index in [1.54, 1.807) is 36.1 Å². The Hall–Kier alpha value is -1.49. The van der Waals surface area contributed by atoms with Gasteiger partial charge in [0.2, 0.25) is 0 Å². The molecule has 1 aromatic carbocycles. The number of benzene rings is 1. The lowest BCUT2D eigenvalue weighted by atomic mass is 10.2. The summed E-state index contributed by atoms with van der Waals surface area (Å²) in [7, 11) is 1.61. The van der Waals surface area contributed by atoms with Gasteiger partial charge >= 0.3 is 0 Å². The maximum atomic E-state index is 11.7. The first-order chi connectivity index (χ1) is 10.1. The number of hydrogen-bond donors (Lipinski definition) is 1. The summed E-state index contributed by atoms with van der Waals surface area (Å²) >= 11 is 12.1. The van der Waals surface area contributed by atoms with Gasteiger partial charge in [-0.1, -0.05) is 23.2 Å². The van der Waals surface area contributed by atoms with Crippen molar-refractivity contribution in [3.05, 3.63) is 62.5 Å². The van der Waals surface area contributed by atoms with Crippen molar-refractivity contribution >= 4 is 28.9 Å². The van der Waals surface area contributed by atoms with Crippen molar-refractivity contribution in [1.82, 2.24) is 4.57 Å². The molecule has 112 valence electrons. The Kier molecular flexibility index (Phi) is 5.67. The topological polar surface area (TPSA) is 43.3 Å². The van der Waals surface area contributed by atoms with Crippen LogP contribution in [0.3, 0.4) is 0 Å². The summed E-state index contributed by atoms with van der Waals surface area (Å²) in [5.74, 6) is 0. The van der Waals surface area contributed by atoms with Crippen LogP contribution in [0.5, 0.6) is 0 Å². The molecule has 1 N–H and O–H groups in total. The molecule has 0 saturated carbocycles. The van der Waals surface area contributed by atoms with Crippen LogP contribution in [-0.2, 0) is 17.8 Å². The van der Waals surface area contributed by atoms with Crippen LogP contribution in [0.4, 0.5) is 5.69 Å². The molecular formula is C15H16Cl2N2O2. The van der Waals surface area contributed by atoms with Gasteiger partial charge < -0.3 is 14.6 Å². The molecule has 0 unspecified atom stereocenters. The Bertz CT molecular complexity index is 671. The van der Waals surface area contributed by atoms with E-state index in [-0.39, 0.29) is 5.56 Å². The predicted molar refractivity (Wildman–Crippen MR) is 86.4 cm³/mol. The second kappa shape index (κ2) is 7.50. The average Bonchev–Trinajstić information content (AvgIpc) is 2.48. The van der Waals surface area contributed by atoms with Crippen LogP contribution in [0.2, 0.25) is 10.0 Å². The van der Waals surface area contributed by atoms with Gasteiger partial charge in [-0.25, -0.2) is 0 Å². The van der Waals surface area contributed by atoms with Crippen molar-refractivity contribution in [2.75, 3.05) is 19.0 Å². The number of pyridine rings is 1. The second-order valence-corrected chi connectivity index (χ2v) is 5.38. The largest absolute Gasteiger partial charge is 0.383 e. The molecule has 21 heavy (non-hydrogen) atoms. The summed E-state index contributed by atoms with van der Waals surface area (Å²) in [6.45, 7) is 1.54. The third-order valence-electron chi connectivity index (χ3n) is 3.01. The highest BCUT2D eigenvalue weighted by molar-refractivity contribution is 6.33. The summed E-state index contributed by atoms with van der Waals surface area (Å²) in [4.78, 5) is 11.7. The number of nitrogens with one attached hydrogen (secondary N) is 1. The summed E-state index contributed by atoms with van der Waals surface area (Å²) in [6.07, 6.45) is 1.76. The first-order valence-electron chi connectivity index (χ1n) is 6.47. The molecule has 0 spiro atoms. The smallest absolute Gasteiger partial charge is 0.250 e. The van der Waals surface area contributed by atoms with Crippen molar-refractivity contribution in [3.63, 3.8) is 0 Å². The number of ether oxygens (including phenoxy) is 1. The van der Waals surface area contributed by atoms with Crippen LogP contribution in [0.1, 0.15) is 5.56 Å². The molecule has 0 aliphatic carbocycles. The van der Waals surface area contributed by atoms with E-state index in [9.17, 15) is 4.79 Å².